The summed E-state index contributed by atoms with van der Waals surface area (Å²) >= 11 is 0. The molecule has 23 heavy (non-hydrogen) atoms. The number of sulfonamides is 1. The molecule has 0 aromatic heterocycles. The van der Waals surface area contributed by atoms with Crippen LogP contribution in [0.4, 0.5) is 0 Å². The molecule has 2 heterocycles. The van der Waals surface area contributed by atoms with Crippen molar-refractivity contribution >= 4 is 16.0 Å². The minimum atomic E-state index is -3.87. The van der Waals surface area contributed by atoms with Gasteiger partial charge in [0.05, 0.1) is 6.10 Å². The van der Waals surface area contributed by atoms with Crippen molar-refractivity contribution in [3.63, 3.8) is 0 Å². The second-order valence-corrected chi connectivity index (χ2v) is 9.49. The number of hydrogen-bond donors (Lipinski definition) is 1. The Morgan fingerprint density at radius 1 is 1.22 bits per heavy atom. The molecule has 0 unspecified atom stereocenters. The monoisotopic (exact) mass is 349 g/mol. The minimum Gasteiger partial charge on any atom is -0.459 e. The molecular weight excluding hydrogens is 322 g/mol. The minimum absolute atomic E-state index is 0.100. The molecule has 0 aliphatic carbocycles. The third-order valence-electron chi connectivity index (χ3n) is 4.33. The lowest BCUT2D eigenvalue weighted by molar-refractivity contribution is -0.161. The van der Waals surface area contributed by atoms with Gasteiger partial charge in [-0.3, -0.25) is 4.79 Å². The van der Waals surface area contributed by atoms with E-state index in [9.17, 15) is 18.3 Å². The standard InChI is InChI=1S/C15H27NO6S/c1-14(2,3)22-13(18)15(6-10-21-11-7-15)23(19,20)16-8-4-12(17)5-9-16/h12,17H,4-11H2,1-3H3. The number of rotatable bonds is 3. The Kier molecular flexibility index (Phi) is 5.40. The Bertz CT molecular complexity index is 525. The van der Waals surface area contributed by atoms with Crippen molar-refractivity contribution < 1.29 is 27.8 Å². The highest BCUT2D eigenvalue weighted by molar-refractivity contribution is 7.91. The number of aliphatic hydroxyl groups is 1. The molecule has 0 spiro atoms. The predicted molar refractivity (Wildman–Crippen MR) is 84.4 cm³/mol. The van der Waals surface area contributed by atoms with Crippen molar-refractivity contribution in [1.29, 1.82) is 0 Å². The van der Waals surface area contributed by atoms with E-state index < -0.39 is 32.4 Å². The van der Waals surface area contributed by atoms with Gasteiger partial charge >= 0.3 is 5.97 Å². The summed E-state index contributed by atoms with van der Waals surface area (Å²) in [5.74, 6) is -0.695. The van der Waals surface area contributed by atoms with E-state index in [0.29, 0.717) is 12.8 Å². The van der Waals surface area contributed by atoms with Crippen LogP contribution < -0.4 is 0 Å². The van der Waals surface area contributed by atoms with Gasteiger partial charge in [0.25, 0.3) is 0 Å². The van der Waals surface area contributed by atoms with E-state index in [1.807, 2.05) is 0 Å². The second-order valence-electron chi connectivity index (χ2n) is 7.24. The lowest BCUT2D eigenvalue weighted by Gasteiger charge is -2.41. The van der Waals surface area contributed by atoms with Crippen LogP contribution in [0, 0.1) is 0 Å². The lowest BCUT2D eigenvalue weighted by Crippen LogP contribution is -2.59. The molecule has 2 fully saturated rings. The van der Waals surface area contributed by atoms with Gasteiger partial charge in [-0.05, 0) is 33.6 Å². The summed E-state index contributed by atoms with van der Waals surface area (Å²) < 4.78 is 36.8. The van der Waals surface area contributed by atoms with Crippen molar-refractivity contribution in [1.82, 2.24) is 4.31 Å². The molecule has 0 aromatic rings. The highest BCUT2D eigenvalue weighted by Crippen LogP contribution is 2.36. The van der Waals surface area contributed by atoms with Crippen molar-refractivity contribution in [2.24, 2.45) is 0 Å². The summed E-state index contributed by atoms with van der Waals surface area (Å²) in [6, 6.07) is 0. The van der Waals surface area contributed by atoms with Gasteiger partial charge in [0, 0.05) is 39.1 Å². The molecule has 2 aliphatic heterocycles. The number of carbonyl (C=O) groups is 1. The summed E-state index contributed by atoms with van der Waals surface area (Å²) in [7, 11) is -3.87. The van der Waals surface area contributed by atoms with Crippen LogP contribution in [0.25, 0.3) is 0 Å². The largest absolute Gasteiger partial charge is 0.459 e. The number of carbonyl (C=O) groups excluding carboxylic acids is 1. The van der Waals surface area contributed by atoms with Crippen LogP contribution in [-0.4, -0.2) is 66.6 Å². The zero-order valence-corrected chi connectivity index (χ0v) is 14.9. The number of hydrogen-bond acceptors (Lipinski definition) is 6. The Hall–Kier alpha value is -0.700. The molecule has 0 saturated carbocycles. The molecule has 8 heteroatoms. The summed E-state index contributed by atoms with van der Waals surface area (Å²) in [4.78, 5) is 12.8. The maximum atomic E-state index is 13.2. The fraction of sp³-hybridized carbons (Fsp3) is 0.933. The van der Waals surface area contributed by atoms with E-state index in [1.165, 1.54) is 4.31 Å². The number of ether oxygens (including phenoxy) is 2. The van der Waals surface area contributed by atoms with E-state index in [1.54, 1.807) is 20.8 Å². The average molecular weight is 349 g/mol. The SMILES string of the molecule is CC(C)(C)OC(=O)C1(S(=O)(=O)N2CCC(O)CC2)CCOCC1. The molecule has 0 bridgehead atoms. The average Bonchev–Trinajstić information content (AvgIpc) is 2.46. The summed E-state index contributed by atoms with van der Waals surface area (Å²) in [6.07, 6.45) is 0.501. The number of nitrogens with zero attached hydrogens (tertiary/aromatic N) is 1. The van der Waals surface area contributed by atoms with E-state index in [0.717, 1.165) is 0 Å². The van der Waals surface area contributed by atoms with E-state index in [-0.39, 0.29) is 39.1 Å². The number of piperidine rings is 1. The molecule has 0 radical (unpaired) electrons. The molecule has 1 N–H and O–H groups in total. The molecule has 2 aliphatic rings. The van der Waals surface area contributed by atoms with Crippen molar-refractivity contribution in [2.45, 2.75) is 62.9 Å². The van der Waals surface area contributed by atoms with Gasteiger partial charge in [0.1, 0.15) is 5.60 Å². The second kappa shape index (κ2) is 6.66. The number of aliphatic hydroxyl groups excluding tert-OH is 1. The van der Waals surface area contributed by atoms with Gasteiger partial charge < -0.3 is 14.6 Å². The van der Waals surface area contributed by atoms with Crippen LogP contribution in [0.3, 0.4) is 0 Å². The van der Waals surface area contributed by atoms with Gasteiger partial charge in [-0.2, -0.15) is 0 Å². The summed E-state index contributed by atoms with van der Waals surface area (Å²) in [5.41, 5.74) is -0.754. The van der Waals surface area contributed by atoms with Gasteiger partial charge in [0.2, 0.25) is 10.0 Å². The molecule has 134 valence electrons. The molecule has 0 aromatic carbocycles. The highest BCUT2D eigenvalue weighted by atomic mass is 32.2. The van der Waals surface area contributed by atoms with Gasteiger partial charge in [-0.25, -0.2) is 12.7 Å². The van der Waals surface area contributed by atoms with Crippen LogP contribution in [0.5, 0.6) is 0 Å². The predicted octanol–water partition coefficient (Wildman–Crippen LogP) is 0.664. The van der Waals surface area contributed by atoms with Crippen LogP contribution in [0.1, 0.15) is 46.5 Å². The fourth-order valence-corrected chi connectivity index (χ4v) is 5.09. The van der Waals surface area contributed by atoms with Crippen molar-refractivity contribution in [3.8, 4) is 0 Å². The maximum absolute atomic E-state index is 13.2. The third kappa shape index (κ3) is 3.87. The normalized spacial score (nSPS) is 24.3. The van der Waals surface area contributed by atoms with Crippen LogP contribution in [-0.2, 0) is 24.3 Å². The molecule has 2 saturated heterocycles. The zero-order valence-electron chi connectivity index (χ0n) is 14.1. The van der Waals surface area contributed by atoms with Gasteiger partial charge in [0.15, 0.2) is 4.75 Å². The molecule has 0 atom stereocenters. The highest BCUT2D eigenvalue weighted by Gasteiger charge is 2.56. The first-order chi connectivity index (χ1) is 10.6. The van der Waals surface area contributed by atoms with Gasteiger partial charge in [-0.15, -0.1) is 0 Å². The molecule has 7 nitrogen and oxygen atoms in total. The lowest BCUT2D eigenvalue weighted by atomic mass is 9.99. The van der Waals surface area contributed by atoms with Crippen LogP contribution in [0.15, 0.2) is 0 Å². The maximum Gasteiger partial charge on any atom is 0.329 e. The summed E-state index contributed by atoms with van der Waals surface area (Å²) in [6.45, 7) is 6.07. The van der Waals surface area contributed by atoms with E-state index >= 15 is 0 Å². The van der Waals surface area contributed by atoms with Crippen LogP contribution in [0.2, 0.25) is 0 Å². The van der Waals surface area contributed by atoms with Crippen LogP contribution >= 0.6 is 0 Å². The quantitative estimate of drug-likeness (QED) is 0.753. The first-order valence-electron chi connectivity index (χ1n) is 8.07. The summed E-state index contributed by atoms with van der Waals surface area (Å²) in [5, 5.41) is 9.60. The Morgan fingerprint density at radius 3 is 2.22 bits per heavy atom. The first kappa shape index (κ1) is 18.6. The Labute approximate surface area is 138 Å². The first-order valence-corrected chi connectivity index (χ1v) is 9.51. The van der Waals surface area contributed by atoms with E-state index in [4.69, 9.17) is 9.47 Å². The third-order valence-corrected chi connectivity index (χ3v) is 6.94. The zero-order chi connectivity index (χ0) is 17.3. The smallest absolute Gasteiger partial charge is 0.329 e. The molecule has 2 rings (SSSR count). The van der Waals surface area contributed by atoms with Crippen molar-refractivity contribution in [2.75, 3.05) is 26.3 Å². The van der Waals surface area contributed by atoms with Gasteiger partial charge in [-0.1, -0.05) is 0 Å². The van der Waals surface area contributed by atoms with Crippen molar-refractivity contribution in [3.05, 3.63) is 0 Å². The fourth-order valence-electron chi connectivity index (χ4n) is 2.97. The topological polar surface area (TPSA) is 93.1 Å². The Morgan fingerprint density at radius 2 is 1.74 bits per heavy atom. The number of esters is 1. The molecule has 0 amide bonds. The Balaban J connectivity index is 2.31. The van der Waals surface area contributed by atoms with E-state index in [2.05, 4.69) is 0 Å². The molecular formula is C15H27NO6S.